The lowest BCUT2D eigenvalue weighted by molar-refractivity contribution is 0.180. The number of hydrogen-bond acceptors (Lipinski definition) is 5. The van der Waals surface area contributed by atoms with E-state index in [4.69, 9.17) is 0 Å². The van der Waals surface area contributed by atoms with Gasteiger partial charge in [-0.15, -0.1) is 11.3 Å². The highest BCUT2D eigenvalue weighted by Crippen LogP contribution is 2.39. The minimum absolute atomic E-state index is 0.507. The standard InChI is InChI=1S/C25H29N5S/c1-30(14-16-13-26-21-7-3-2-5-19(16)21)18-11-9-17(10-12-18)29-24-23-20-6-4-8-22(20)31-25(23)28-15-27-24/h2-3,5,7,13,15,17-18,26H,4,6,8-12,14H2,1H3,(H,27,28,29)/t17-,18-. The lowest BCUT2D eigenvalue weighted by atomic mass is 9.90. The van der Waals surface area contributed by atoms with E-state index in [9.17, 15) is 0 Å². The highest BCUT2D eigenvalue weighted by atomic mass is 32.1. The number of para-hydroxylation sites is 1. The van der Waals surface area contributed by atoms with E-state index in [1.54, 1.807) is 6.33 Å². The number of aromatic amines is 1. The third-order valence-electron chi connectivity index (χ3n) is 7.26. The van der Waals surface area contributed by atoms with Gasteiger partial charge in [0.2, 0.25) is 0 Å². The number of thiophene rings is 1. The average molecular weight is 432 g/mol. The van der Waals surface area contributed by atoms with Crippen LogP contribution in [0.1, 0.15) is 48.1 Å². The average Bonchev–Trinajstić information content (AvgIpc) is 3.49. The molecule has 0 amide bonds. The van der Waals surface area contributed by atoms with E-state index in [1.807, 2.05) is 11.3 Å². The van der Waals surface area contributed by atoms with Crippen LogP contribution in [0.2, 0.25) is 0 Å². The zero-order chi connectivity index (χ0) is 20.8. The summed E-state index contributed by atoms with van der Waals surface area (Å²) in [6.07, 6.45) is 12.4. The molecule has 6 rings (SSSR count). The molecule has 2 N–H and O–H groups in total. The Bertz CT molecular complexity index is 1220. The molecule has 2 aliphatic carbocycles. The van der Waals surface area contributed by atoms with Gasteiger partial charge in [-0.05, 0) is 69.2 Å². The minimum atomic E-state index is 0.507. The SMILES string of the molecule is CN(Cc1c[nH]c2ccccc12)[C@H]1CC[C@H](Nc2ncnc3sc4c(c23)CCC4)CC1. The second-order valence-electron chi connectivity index (χ2n) is 9.18. The first-order valence-corrected chi connectivity index (χ1v) is 12.3. The van der Waals surface area contributed by atoms with Crippen LogP contribution in [0.4, 0.5) is 5.82 Å². The molecule has 3 heterocycles. The summed E-state index contributed by atoms with van der Waals surface area (Å²) in [5.74, 6) is 1.07. The summed E-state index contributed by atoms with van der Waals surface area (Å²) in [4.78, 5) is 17.8. The van der Waals surface area contributed by atoms with Gasteiger partial charge in [-0.1, -0.05) is 18.2 Å². The minimum Gasteiger partial charge on any atom is -0.367 e. The van der Waals surface area contributed by atoms with E-state index < -0.39 is 0 Å². The van der Waals surface area contributed by atoms with E-state index in [0.29, 0.717) is 12.1 Å². The van der Waals surface area contributed by atoms with Crippen LogP contribution in [0.15, 0.2) is 36.8 Å². The van der Waals surface area contributed by atoms with Gasteiger partial charge < -0.3 is 10.3 Å². The maximum absolute atomic E-state index is 4.65. The van der Waals surface area contributed by atoms with E-state index in [2.05, 4.69) is 62.7 Å². The van der Waals surface area contributed by atoms with Crippen LogP contribution >= 0.6 is 11.3 Å². The Labute approximate surface area is 186 Å². The van der Waals surface area contributed by atoms with E-state index in [1.165, 1.54) is 77.2 Å². The summed E-state index contributed by atoms with van der Waals surface area (Å²) < 4.78 is 0. The zero-order valence-electron chi connectivity index (χ0n) is 18.0. The lowest BCUT2D eigenvalue weighted by Crippen LogP contribution is -2.38. The fourth-order valence-electron chi connectivity index (χ4n) is 5.55. The second kappa shape index (κ2) is 7.92. The fourth-order valence-corrected chi connectivity index (χ4v) is 6.78. The van der Waals surface area contributed by atoms with Crippen LogP contribution in [0.25, 0.3) is 21.1 Å². The molecule has 1 aromatic carbocycles. The van der Waals surface area contributed by atoms with Gasteiger partial charge in [0.15, 0.2) is 0 Å². The van der Waals surface area contributed by atoms with Crippen LogP contribution in [0, 0.1) is 0 Å². The Morgan fingerprint density at radius 3 is 2.90 bits per heavy atom. The van der Waals surface area contributed by atoms with Gasteiger partial charge in [0.25, 0.3) is 0 Å². The lowest BCUT2D eigenvalue weighted by Gasteiger charge is -2.35. The number of H-pyrrole nitrogens is 1. The molecule has 2 aliphatic rings. The third kappa shape index (κ3) is 3.52. The van der Waals surface area contributed by atoms with Crippen LogP contribution < -0.4 is 5.32 Å². The number of rotatable bonds is 5. The highest BCUT2D eigenvalue weighted by molar-refractivity contribution is 7.19. The number of benzene rings is 1. The Morgan fingerprint density at radius 2 is 2.00 bits per heavy atom. The fraction of sp³-hybridized carbons (Fsp3) is 0.440. The number of fused-ring (bicyclic) bond motifs is 4. The van der Waals surface area contributed by atoms with Gasteiger partial charge >= 0.3 is 0 Å². The molecule has 1 saturated carbocycles. The molecule has 6 heteroatoms. The first-order chi connectivity index (χ1) is 15.3. The predicted molar refractivity (Wildman–Crippen MR) is 129 cm³/mol. The molecule has 160 valence electrons. The van der Waals surface area contributed by atoms with Crippen molar-refractivity contribution >= 4 is 38.3 Å². The normalized spacial score (nSPS) is 21.2. The van der Waals surface area contributed by atoms with Crippen LogP contribution in [0.5, 0.6) is 0 Å². The Hall–Kier alpha value is -2.44. The van der Waals surface area contributed by atoms with Crippen molar-refractivity contribution in [2.24, 2.45) is 0 Å². The molecule has 0 aliphatic heterocycles. The summed E-state index contributed by atoms with van der Waals surface area (Å²) in [5, 5.41) is 6.45. The van der Waals surface area contributed by atoms with E-state index >= 15 is 0 Å². The molecule has 1 fully saturated rings. The number of hydrogen-bond donors (Lipinski definition) is 2. The van der Waals surface area contributed by atoms with Crippen molar-refractivity contribution in [3.63, 3.8) is 0 Å². The van der Waals surface area contributed by atoms with Crippen molar-refractivity contribution in [3.8, 4) is 0 Å². The molecular weight excluding hydrogens is 402 g/mol. The highest BCUT2D eigenvalue weighted by Gasteiger charge is 2.27. The van der Waals surface area contributed by atoms with Gasteiger partial charge in [-0.3, -0.25) is 4.90 Å². The summed E-state index contributed by atoms with van der Waals surface area (Å²) in [6.45, 7) is 1.00. The maximum atomic E-state index is 4.65. The van der Waals surface area contributed by atoms with Crippen molar-refractivity contribution in [2.45, 2.75) is 63.6 Å². The Balaban J connectivity index is 1.11. The van der Waals surface area contributed by atoms with Gasteiger partial charge in [0.05, 0.1) is 5.39 Å². The molecule has 0 atom stereocenters. The molecule has 4 aromatic rings. The molecule has 0 bridgehead atoms. The molecular formula is C25H29N5S. The van der Waals surface area contributed by atoms with Gasteiger partial charge in [-0.2, -0.15) is 0 Å². The quantitative estimate of drug-likeness (QED) is 0.437. The number of nitrogens with one attached hydrogen (secondary N) is 2. The van der Waals surface area contributed by atoms with Gasteiger partial charge in [0.1, 0.15) is 17.0 Å². The number of anilines is 1. The topological polar surface area (TPSA) is 56.8 Å². The number of aryl methyl sites for hydroxylation is 2. The molecule has 31 heavy (non-hydrogen) atoms. The predicted octanol–water partition coefficient (Wildman–Crippen LogP) is 5.52. The van der Waals surface area contributed by atoms with Gasteiger partial charge in [0, 0.05) is 40.6 Å². The monoisotopic (exact) mass is 431 g/mol. The molecule has 0 unspecified atom stereocenters. The Morgan fingerprint density at radius 1 is 1.13 bits per heavy atom. The second-order valence-corrected chi connectivity index (χ2v) is 10.3. The van der Waals surface area contributed by atoms with Crippen LogP contribution in [0.3, 0.4) is 0 Å². The van der Waals surface area contributed by atoms with Crippen LogP contribution in [-0.2, 0) is 19.4 Å². The van der Waals surface area contributed by atoms with Crippen LogP contribution in [-0.4, -0.2) is 39.0 Å². The largest absolute Gasteiger partial charge is 0.367 e. The molecule has 0 saturated heterocycles. The summed E-state index contributed by atoms with van der Waals surface area (Å²) in [6, 6.07) is 9.75. The van der Waals surface area contributed by atoms with Crippen molar-refractivity contribution in [3.05, 3.63) is 52.8 Å². The first-order valence-electron chi connectivity index (χ1n) is 11.5. The zero-order valence-corrected chi connectivity index (χ0v) is 18.8. The molecule has 3 aromatic heterocycles. The Kier molecular flexibility index (Phi) is 4.92. The van der Waals surface area contributed by atoms with Gasteiger partial charge in [-0.25, -0.2) is 9.97 Å². The molecule has 5 nitrogen and oxygen atoms in total. The van der Waals surface area contributed by atoms with Crippen molar-refractivity contribution in [2.75, 3.05) is 12.4 Å². The maximum Gasteiger partial charge on any atom is 0.138 e. The van der Waals surface area contributed by atoms with Crippen molar-refractivity contribution < 1.29 is 0 Å². The number of nitrogens with zero attached hydrogens (tertiary/aromatic N) is 3. The first kappa shape index (κ1) is 19.3. The number of aromatic nitrogens is 3. The van der Waals surface area contributed by atoms with Crippen molar-refractivity contribution in [1.29, 1.82) is 0 Å². The van der Waals surface area contributed by atoms with E-state index in [-0.39, 0.29) is 0 Å². The molecule has 0 radical (unpaired) electrons. The molecule has 0 spiro atoms. The summed E-state index contributed by atoms with van der Waals surface area (Å²) in [7, 11) is 2.28. The smallest absolute Gasteiger partial charge is 0.138 e. The van der Waals surface area contributed by atoms with Crippen molar-refractivity contribution in [1.82, 2.24) is 19.9 Å². The van der Waals surface area contributed by atoms with E-state index in [0.717, 1.165) is 17.2 Å². The summed E-state index contributed by atoms with van der Waals surface area (Å²) in [5.41, 5.74) is 4.14. The summed E-state index contributed by atoms with van der Waals surface area (Å²) >= 11 is 1.87. The third-order valence-corrected chi connectivity index (χ3v) is 8.46.